The number of benzene rings is 6. The van der Waals surface area contributed by atoms with E-state index in [4.69, 9.17) is 11.5 Å². The number of ketones is 1. The molecule has 0 aromatic heterocycles. The number of hydrazone groups is 1. The fourth-order valence-electron chi connectivity index (χ4n) is 6.10. The van der Waals surface area contributed by atoms with Crippen molar-refractivity contribution in [3.63, 3.8) is 0 Å². The van der Waals surface area contributed by atoms with Gasteiger partial charge in [-0.05, 0) is 89.5 Å². The van der Waals surface area contributed by atoms with Crippen molar-refractivity contribution in [2.45, 2.75) is 9.79 Å². The maximum absolute atomic E-state index is 13.8. The summed E-state index contributed by atoms with van der Waals surface area (Å²) in [5.41, 5.74) is 13.5. The number of rotatable bonds is 11. The predicted molar refractivity (Wildman–Crippen MR) is 222 cm³/mol. The fraction of sp³-hybridized carbons (Fsp3) is 0. The number of azo groups is 2. The van der Waals surface area contributed by atoms with Crippen LogP contribution in [0.5, 0.6) is 0 Å². The van der Waals surface area contributed by atoms with Gasteiger partial charge in [-0.1, -0.05) is 30.3 Å². The van der Waals surface area contributed by atoms with Crippen LogP contribution in [0.25, 0.3) is 28.0 Å². The largest absolute Gasteiger partial charge is 1.00 e. The molecule has 65 heavy (non-hydrogen) atoms. The van der Waals surface area contributed by atoms with Crippen molar-refractivity contribution in [1.29, 1.82) is 0 Å². The Morgan fingerprint density at radius 2 is 1.18 bits per heavy atom. The maximum atomic E-state index is 13.8. The quantitative estimate of drug-likeness (QED) is 0.0309. The van der Waals surface area contributed by atoms with Gasteiger partial charge in [0.15, 0.2) is 0 Å². The van der Waals surface area contributed by atoms with Crippen LogP contribution >= 0.6 is 0 Å². The molecule has 0 unspecified atom stereocenters. The minimum absolute atomic E-state index is 0. The molecule has 6 aromatic carbocycles. The van der Waals surface area contributed by atoms with Crippen molar-refractivity contribution in [2.24, 2.45) is 25.6 Å². The Bertz CT molecular complexity index is 3360. The monoisotopic (exact) mass is 963 g/mol. The van der Waals surface area contributed by atoms with Crippen LogP contribution < -0.4 is 106 Å². The van der Waals surface area contributed by atoms with E-state index in [0.29, 0.717) is 45.4 Å². The van der Waals surface area contributed by atoms with Crippen LogP contribution in [0.2, 0.25) is 0 Å². The van der Waals surface area contributed by atoms with Crippen LogP contribution in [0.3, 0.4) is 0 Å². The Morgan fingerprint density at radius 1 is 0.615 bits per heavy atom. The average molecular weight is 964 g/mol. The van der Waals surface area contributed by atoms with Crippen LogP contribution in [0.15, 0.2) is 149 Å². The van der Waals surface area contributed by atoms with Gasteiger partial charge in [-0.3, -0.25) is 20.3 Å². The second-order valence-corrected chi connectivity index (χ2v) is 17.1. The average Bonchev–Trinajstić information content (AvgIpc) is 3.22. The van der Waals surface area contributed by atoms with E-state index >= 15 is 0 Å². The minimum atomic E-state index is -5.46. The van der Waals surface area contributed by atoms with Gasteiger partial charge < -0.3 is 25.1 Å². The van der Waals surface area contributed by atoms with E-state index in [1.807, 2.05) is 0 Å². The van der Waals surface area contributed by atoms with Gasteiger partial charge in [-0.25, -0.2) is 25.3 Å². The third kappa shape index (κ3) is 11.9. The molecule has 0 atom stereocenters. The Morgan fingerprint density at radius 3 is 1.74 bits per heavy atom. The molecule has 5 N–H and O–H groups in total. The number of nitrogen functional groups attached to an aromatic ring is 2. The molecule has 21 nitrogen and oxygen atoms in total. The van der Waals surface area contributed by atoms with E-state index < -0.39 is 84.0 Å². The molecule has 27 heteroatoms. The molecule has 0 heterocycles. The zero-order chi connectivity index (χ0) is 44.7. The number of allylic oxidation sites excluding steroid dienone is 1. The molecular formula is C38H24N9Na3O12S3. The molecule has 314 valence electrons. The van der Waals surface area contributed by atoms with E-state index in [0.717, 1.165) is 30.3 Å². The minimum Gasteiger partial charge on any atom is -0.744 e. The van der Waals surface area contributed by atoms with Crippen molar-refractivity contribution >= 4 is 104 Å². The zero-order valence-electron chi connectivity index (χ0n) is 33.9. The number of carbonyl (C=O) groups is 1. The summed E-state index contributed by atoms with van der Waals surface area (Å²) < 4.78 is 109. The number of hydrogen-bond acceptors (Lipinski definition) is 20. The first-order valence-corrected chi connectivity index (χ1v) is 21.5. The number of nitrogens with one attached hydrogen (secondary N) is 1. The molecule has 0 amide bonds. The first-order chi connectivity index (χ1) is 29.2. The summed E-state index contributed by atoms with van der Waals surface area (Å²) in [5.74, 6) is -1.25. The molecule has 0 saturated heterocycles. The number of nitrogens with two attached hydrogens (primary N) is 2. The van der Waals surface area contributed by atoms with Gasteiger partial charge in [0.25, 0.3) is 5.69 Å². The van der Waals surface area contributed by atoms with E-state index in [9.17, 15) is 53.8 Å². The Labute approximate surface area is 435 Å². The number of nitrogens with zero attached hydrogens (tertiary/aromatic N) is 6. The van der Waals surface area contributed by atoms with Crippen molar-refractivity contribution in [2.75, 3.05) is 16.9 Å². The van der Waals surface area contributed by atoms with Crippen LogP contribution in [-0.2, 0) is 30.4 Å². The topological polar surface area (TPSA) is 358 Å². The van der Waals surface area contributed by atoms with E-state index in [1.165, 1.54) is 30.3 Å². The number of Topliss-reactive ketones (excluding diaryl/α,β-unsaturated/α-hetero) is 1. The summed E-state index contributed by atoms with van der Waals surface area (Å²) in [4.78, 5) is 21.4. The number of non-ortho nitro benzene ring substituents is 1. The van der Waals surface area contributed by atoms with E-state index in [2.05, 4.69) is 31.0 Å². The summed E-state index contributed by atoms with van der Waals surface area (Å²) in [7, 11) is -15.6. The molecule has 0 bridgehead atoms. The van der Waals surface area contributed by atoms with Crippen LogP contribution in [0, 0.1) is 10.1 Å². The van der Waals surface area contributed by atoms with Gasteiger partial charge in [0, 0.05) is 28.6 Å². The van der Waals surface area contributed by atoms with E-state index in [-0.39, 0.29) is 111 Å². The second-order valence-electron chi connectivity index (χ2n) is 13.1. The summed E-state index contributed by atoms with van der Waals surface area (Å²) in [5, 5.41) is 31.6. The molecule has 0 saturated carbocycles. The molecular weight excluding hydrogens is 940 g/mol. The second kappa shape index (κ2) is 20.9. The van der Waals surface area contributed by atoms with E-state index in [1.54, 1.807) is 42.5 Å². The van der Waals surface area contributed by atoms with Crippen LogP contribution in [0.1, 0.15) is 15.9 Å². The van der Waals surface area contributed by atoms with Crippen molar-refractivity contribution < 1.29 is 137 Å². The van der Waals surface area contributed by atoms with Gasteiger partial charge in [0.1, 0.15) is 41.8 Å². The van der Waals surface area contributed by atoms with Gasteiger partial charge >= 0.3 is 88.7 Å². The van der Waals surface area contributed by atoms with Gasteiger partial charge in [-0.2, -0.15) is 15.3 Å². The summed E-state index contributed by atoms with van der Waals surface area (Å²) in [6, 6.07) is 25.0. The molecule has 1 aliphatic carbocycles. The summed E-state index contributed by atoms with van der Waals surface area (Å²) in [6.45, 7) is 0. The molecule has 7 rings (SSSR count). The molecule has 0 radical (unpaired) electrons. The van der Waals surface area contributed by atoms with Crippen molar-refractivity contribution in [3.05, 3.63) is 135 Å². The van der Waals surface area contributed by atoms with Crippen molar-refractivity contribution in [3.8, 4) is 11.1 Å². The maximum Gasteiger partial charge on any atom is 1.00 e. The Kier molecular flexibility index (Phi) is 17.1. The summed E-state index contributed by atoms with van der Waals surface area (Å²) in [6.07, 6.45) is 0.642. The molecule has 6 aromatic rings. The predicted octanol–water partition coefficient (Wildman–Crippen LogP) is -2.22. The third-order valence-electron chi connectivity index (χ3n) is 9.10. The first kappa shape index (κ1) is 53.0. The first-order valence-electron chi connectivity index (χ1n) is 17.2. The SMILES string of the molecule is Nc1c(N=Nc2ccc([N+](=O)[O-])cc2)c(S(=O)(=O)[O-])cc2c1C(=O)/C(=N\Nc1ccc(-c3ccc(N=Nc4ccc(N)c5ccc(S(=O)(=O)[O-])cc45)cc3)cc1)C(S(=O)(=O)[O-])=C2.[Na+].[Na+].[Na+]. The number of nitro benzene ring substituents is 1. The third-order valence-corrected chi connectivity index (χ3v) is 11.6. The number of nitro groups is 1. The Balaban J connectivity index is 0.00000308. The standard InChI is InChI=1S/C38H27N9O12S3.3Na/c39-30-15-16-31(29-19-27(60(51,52)53)13-14-28(29)30)44-41-23-5-1-20(2-6-23)21-3-7-24(8-4-21)43-46-37-33(62(57,58)59)18-22-17-32(61(54,55)56)36(35(40)34(22)38(37)48)45-42-25-9-11-26(12-10-25)47(49)50;;;/h1-19,43H,39-40H2,(H,51,52,53)(H,54,55,56)(H,57,58,59);;;/q;3*+1/p-3/b44-41?,45-42?,46-37-;;;. The number of fused-ring (bicyclic) bond motifs is 2. The normalized spacial score (nSPS) is 13.4. The molecule has 1 aliphatic rings. The van der Waals surface area contributed by atoms with Gasteiger partial charge in [0.05, 0.1) is 53.6 Å². The molecule has 0 fully saturated rings. The number of anilines is 3. The molecule has 0 spiro atoms. The van der Waals surface area contributed by atoms with Crippen LogP contribution in [-0.4, -0.2) is 55.3 Å². The van der Waals surface area contributed by atoms with Crippen LogP contribution in [0.4, 0.5) is 45.5 Å². The molecule has 0 aliphatic heterocycles. The zero-order valence-corrected chi connectivity index (χ0v) is 42.4. The van der Waals surface area contributed by atoms with Gasteiger partial charge in [-0.15, -0.1) is 10.2 Å². The summed E-state index contributed by atoms with van der Waals surface area (Å²) >= 11 is 0. The number of carbonyl (C=O) groups excluding carboxylic acids is 1. The Hall–Kier alpha value is -4.61. The van der Waals surface area contributed by atoms with Crippen molar-refractivity contribution in [1.82, 2.24) is 0 Å². The smallest absolute Gasteiger partial charge is 0.744 e. The number of hydrogen-bond donors (Lipinski definition) is 3. The van der Waals surface area contributed by atoms with Gasteiger partial charge in [0.2, 0.25) is 5.78 Å². The fourth-order valence-corrected chi connectivity index (χ4v) is 7.90.